The van der Waals surface area contributed by atoms with Crippen LogP contribution >= 0.6 is 11.9 Å². The van der Waals surface area contributed by atoms with Crippen LogP contribution in [-0.4, -0.2) is 70.0 Å². The summed E-state index contributed by atoms with van der Waals surface area (Å²) in [6.07, 6.45) is 8.03. The molecule has 2 saturated heterocycles. The summed E-state index contributed by atoms with van der Waals surface area (Å²) >= 11 is 1.83. The van der Waals surface area contributed by atoms with E-state index in [9.17, 15) is 0 Å². The molecular weight excluding hydrogens is 438 g/mol. The summed E-state index contributed by atoms with van der Waals surface area (Å²) in [6, 6.07) is 6.73. The van der Waals surface area contributed by atoms with Crippen molar-refractivity contribution in [1.82, 2.24) is 24.2 Å². The Kier molecular flexibility index (Phi) is 6.84. The van der Waals surface area contributed by atoms with E-state index in [0.29, 0.717) is 23.6 Å². The average molecular weight is 470 g/mol. The molecule has 0 bridgehead atoms. The zero-order valence-corrected chi connectivity index (χ0v) is 20.0. The fourth-order valence-corrected chi connectivity index (χ4v) is 5.16. The van der Waals surface area contributed by atoms with Gasteiger partial charge in [0.05, 0.1) is 19.1 Å². The quantitative estimate of drug-likeness (QED) is 0.441. The third kappa shape index (κ3) is 5.02. The highest BCUT2D eigenvalue weighted by Gasteiger charge is 2.22. The summed E-state index contributed by atoms with van der Waals surface area (Å²) in [5, 5.41) is 6.90. The molecule has 2 aliphatic heterocycles. The van der Waals surface area contributed by atoms with Crippen molar-refractivity contribution in [2.45, 2.75) is 37.6 Å². The van der Waals surface area contributed by atoms with Crippen LogP contribution in [0.4, 0.5) is 17.5 Å². The minimum absolute atomic E-state index is 0.319. The molecule has 0 saturated carbocycles. The molecule has 2 aliphatic rings. The second-order valence-electron chi connectivity index (χ2n) is 8.50. The second-order valence-corrected chi connectivity index (χ2v) is 9.38. The average Bonchev–Trinajstić information content (AvgIpc) is 3.34. The molecule has 4 heterocycles. The molecule has 3 N–H and O–H groups in total. The Morgan fingerprint density at radius 1 is 1.15 bits per heavy atom. The van der Waals surface area contributed by atoms with Gasteiger partial charge in [0.2, 0.25) is 5.95 Å². The molecule has 2 fully saturated rings. The van der Waals surface area contributed by atoms with Gasteiger partial charge in [-0.3, -0.25) is 4.31 Å². The third-order valence-electron chi connectivity index (χ3n) is 6.50. The van der Waals surface area contributed by atoms with Gasteiger partial charge < -0.3 is 25.1 Å². The maximum atomic E-state index is 5.73. The predicted octanol–water partition coefficient (Wildman–Crippen LogP) is 4.15. The number of nitrogens with one attached hydrogen (secondary N) is 3. The van der Waals surface area contributed by atoms with Gasteiger partial charge in [0.25, 0.3) is 0 Å². The fourth-order valence-electron chi connectivity index (χ4n) is 4.59. The lowest BCUT2D eigenvalue weighted by atomic mass is 9.90. The van der Waals surface area contributed by atoms with Crippen LogP contribution in [0.2, 0.25) is 0 Å². The van der Waals surface area contributed by atoms with Crippen molar-refractivity contribution in [1.29, 1.82) is 0 Å². The first kappa shape index (κ1) is 22.2. The van der Waals surface area contributed by atoms with Gasteiger partial charge in [-0.1, -0.05) is 18.0 Å². The number of benzene rings is 1. The molecule has 0 radical (unpaired) electrons. The first-order chi connectivity index (χ1) is 16.2. The maximum absolute atomic E-state index is 5.73. The van der Waals surface area contributed by atoms with Crippen LogP contribution in [0.15, 0.2) is 24.5 Å². The van der Waals surface area contributed by atoms with Crippen molar-refractivity contribution in [3.63, 3.8) is 0 Å². The van der Waals surface area contributed by atoms with Crippen LogP contribution in [0, 0.1) is 0 Å². The standard InChI is InChI=1S/C23H31N7O2S/c1-31-19-13-16(15-5-9-30(33-2)10-6-15)3-4-18(19)27-23-28-21-20(24-14-25-21)22(29-23)26-17-7-11-32-12-8-17/h3-4,13-15,17H,5-12H2,1-2H3,(H3,24,25,26,27,28,29). The van der Waals surface area contributed by atoms with Gasteiger partial charge in [-0.25, -0.2) is 4.98 Å². The Labute approximate surface area is 198 Å². The molecule has 176 valence electrons. The molecule has 9 nitrogen and oxygen atoms in total. The molecule has 5 rings (SSSR count). The monoisotopic (exact) mass is 469 g/mol. The topological polar surface area (TPSA) is 100 Å². The Bertz CT molecular complexity index is 1080. The molecule has 2 aromatic heterocycles. The predicted molar refractivity (Wildman–Crippen MR) is 132 cm³/mol. The number of aromatic amines is 1. The Morgan fingerprint density at radius 3 is 2.73 bits per heavy atom. The summed E-state index contributed by atoms with van der Waals surface area (Å²) in [5.41, 5.74) is 3.60. The van der Waals surface area contributed by atoms with Crippen molar-refractivity contribution in [2.24, 2.45) is 0 Å². The summed E-state index contributed by atoms with van der Waals surface area (Å²) in [4.78, 5) is 16.9. The third-order valence-corrected chi connectivity index (χ3v) is 7.38. The van der Waals surface area contributed by atoms with E-state index in [4.69, 9.17) is 14.5 Å². The Balaban J connectivity index is 1.36. The van der Waals surface area contributed by atoms with E-state index < -0.39 is 0 Å². The number of anilines is 3. The van der Waals surface area contributed by atoms with Crippen molar-refractivity contribution < 1.29 is 9.47 Å². The van der Waals surface area contributed by atoms with Crippen LogP contribution in [0.3, 0.4) is 0 Å². The zero-order valence-electron chi connectivity index (χ0n) is 19.1. The SMILES string of the molecule is COc1cc(C2CCN(SC)CC2)ccc1Nc1nc(NC2CCOCC2)c2[nH]cnc2n1. The van der Waals surface area contributed by atoms with Crippen molar-refractivity contribution in [3.8, 4) is 5.75 Å². The van der Waals surface area contributed by atoms with E-state index >= 15 is 0 Å². The molecule has 0 unspecified atom stereocenters. The number of hydrogen-bond donors (Lipinski definition) is 3. The van der Waals surface area contributed by atoms with Crippen molar-refractivity contribution >= 4 is 40.6 Å². The van der Waals surface area contributed by atoms with E-state index in [1.807, 2.05) is 11.9 Å². The number of nitrogens with zero attached hydrogens (tertiary/aromatic N) is 4. The van der Waals surface area contributed by atoms with E-state index in [0.717, 1.165) is 74.8 Å². The Hall–Kier alpha value is -2.56. The fraction of sp³-hybridized carbons (Fsp3) is 0.522. The van der Waals surface area contributed by atoms with Crippen molar-refractivity contribution in [3.05, 3.63) is 30.1 Å². The first-order valence-corrected chi connectivity index (χ1v) is 12.7. The van der Waals surface area contributed by atoms with Gasteiger partial charge >= 0.3 is 0 Å². The summed E-state index contributed by atoms with van der Waals surface area (Å²) < 4.78 is 13.6. The normalized spacial score (nSPS) is 18.5. The van der Waals surface area contributed by atoms with Gasteiger partial charge in [-0.15, -0.1) is 0 Å². The lowest BCUT2D eigenvalue weighted by Crippen LogP contribution is -2.28. The van der Waals surface area contributed by atoms with E-state index in [1.54, 1.807) is 13.4 Å². The number of imidazole rings is 1. The number of H-pyrrole nitrogens is 1. The van der Waals surface area contributed by atoms with E-state index in [1.165, 1.54) is 5.56 Å². The second kappa shape index (κ2) is 10.1. The lowest BCUT2D eigenvalue weighted by Gasteiger charge is -2.30. The molecular formula is C23H31N7O2S. The van der Waals surface area contributed by atoms with E-state index in [-0.39, 0.29) is 0 Å². The molecule has 33 heavy (non-hydrogen) atoms. The zero-order chi connectivity index (χ0) is 22.6. The summed E-state index contributed by atoms with van der Waals surface area (Å²) in [6.45, 7) is 3.77. The molecule has 0 spiro atoms. The number of piperidine rings is 1. The van der Waals surface area contributed by atoms with Crippen LogP contribution in [-0.2, 0) is 4.74 Å². The smallest absolute Gasteiger partial charge is 0.231 e. The summed E-state index contributed by atoms with van der Waals surface area (Å²) in [5.74, 6) is 2.60. The number of aromatic nitrogens is 4. The number of methoxy groups -OCH3 is 1. The highest BCUT2D eigenvalue weighted by molar-refractivity contribution is 7.96. The van der Waals surface area contributed by atoms with Gasteiger partial charge in [-0.2, -0.15) is 9.97 Å². The minimum atomic E-state index is 0.319. The van der Waals surface area contributed by atoms with Gasteiger partial charge in [0.1, 0.15) is 11.3 Å². The van der Waals surface area contributed by atoms with Gasteiger partial charge in [0, 0.05) is 32.3 Å². The number of ether oxygens (including phenoxy) is 2. The van der Waals surface area contributed by atoms with Gasteiger partial charge in [0.15, 0.2) is 11.5 Å². The van der Waals surface area contributed by atoms with Gasteiger partial charge in [-0.05, 0) is 55.6 Å². The Morgan fingerprint density at radius 2 is 1.97 bits per heavy atom. The van der Waals surface area contributed by atoms with Crippen LogP contribution in [0.5, 0.6) is 5.75 Å². The first-order valence-electron chi connectivity index (χ1n) is 11.5. The van der Waals surface area contributed by atoms with Crippen LogP contribution in [0.25, 0.3) is 11.2 Å². The minimum Gasteiger partial charge on any atom is -0.495 e. The van der Waals surface area contributed by atoms with Crippen molar-refractivity contribution in [2.75, 3.05) is 50.3 Å². The van der Waals surface area contributed by atoms with E-state index in [2.05, 4.69) is 54.3 Å². The molecule has 0 atom stereocenters. The molecule has 1 aromatic carbocycles. The highest BCUT2D eigenvalue weighted by atomic mass is 32.2. The molecule has 0 aliphatic carbocycles. The number of fused-ring (bicyclic) bond motifs is 1. The highest BCUT2D eigenvalue weighted by Crippen LogP contribution is 2.36. The number of rotatable bonds is 7. The number of hydrogen-bond acceptors (Lipinski definition) is 9. The summed E-state index contributed by atoms with van der Waals surface area (Å²) in [7, 11) is 1.70. The largest absolute Gasteiger partial charge is 0.495 e. The molecule has 0 amide bonds. The van der Waals surface area contributed by atoms with Crippen LogP contribution in [0.1, 0.15) is 37.2 Å². The maximum Gasteiger partial charge on any atom is 0.231 e. The lowest BCUT2D eigenvalue weighted by molar-refractivity contribution is 0.0904. The van der Waals surface area contributed by atoms with Crippen LogP contribution < -0.4 is 15.4 Å². The molecule has 10 heteroatoms. The molecule has 3 aromatic rings.